The molecule has 106 valence electrons. The molecule has 0 bridgehead atoms. The Morgan fingerprint density at radius 3 is 3.14 bits per heavy atom. The highest BCUT2D eigenvalue weighted by atomic mass is 32.1. The Kier molecular flexibility index (Phi) is 2.54. The SMILES string of the molecule is CN1NN=C2C(c3ncc(-c4cccs4)[nH]3)=NCN2C1=O. The van der Waals surface area contributed by atoms with Gasteiger partial charge in [-0.1, -0.05) is 6.07 Å². The van der Waals surface area contributed by atoms with E-state index in [1.54, 1.807) is 24.6 Å². The number of fused-ring (bicyclic) bond motifs is 1. The van der Waals surface area contributed by atoms with Gasteiger partial charge in [0.2, 0.25) is 0 Å². The third kappa shape index (κ3) is 1.82. The van der Waals surface area contributed by atoms with Gasteiger partial charge >= 0.3 is 6.03 Å². The number of aromatic nitrogens is 2. The summed E-state index contributed by atoms with van der Waals surface area (Å²) >= 11 is 1.63. The molecule has 21 heavy (non-hydrogen) atoms. The van der Waals surface area contributed by atoms with E-state index >= 15 is 0 Å². The molecular formula is C12H11N7OS. The first kappa shape index (κ1) is 12.1. The lowest BCUT2D eigenvalue weighted by Crippen LogP contribution is -2.53. The normalized spacial score (nSPS) is 17.5. The number of aromatic amines is 1. The predicted molar refractivity (Wildman–Crippen MR) is 78.9 cm³/mol. The van der Waals surface area contributed by atoms with E-state index in [0.29, 0.717) is 17.4 Å². The number of nitrogens with zero attached hydrogens (tertiary/aromatic N) is 5. The van der Waals surface area contributed by atoms with E-state index in [4.69, 9.17) is 0 Å². The first-order valence-electron chi connectivity index (χ1n) is 6.26. The lowest BCUT2D eigenvalue weighted by molar-refractivity contribution is 0.159. The van der Waals surface area contributed by atoms with Crippen LogP contribution in [0.5, 0.6) is 0 Å². The lowest BCUT2D eigenvalue weighted by Gasteiger charge is -2.28. The van der Waals surface area contributed by atoms with Crippen LogP contribution in [0.3, 0.4) is 0 Å². The number of hydrazine groups is 1. The van der Waals surface area contributed by atoms with Crippen molar-refractivity contribution in [1.29, 1.82) is 0 Å². The average molecular weight is 301 g/mol. The number of nitrogens with one attached hydrogen (secondary N) is 2. The van der Waals surface area contributed by atoms with Gasteiger partial charge in [0, 0.05) is 7.05 Å². The molecule has 2 amide bonds. The number of amides is 2. The second-order valence-corrected chi connectivity index (χ2v) is 5.52. The van der Waals surface area contributed by atoms with Crippen molar-refractivity contribution >= 4 is 28.9 Å². The fourth-order valence-electron chi connectivity index (χ4n) is 2.20. The van der Waals surface area contributed by atoms with Crippen molar-refractivity contribution in [3.05, 3.63) is 29.5 Å². The van der Waals surface area contributed by atoms with Gasteiger partial charge in [-0.15, -0.1) is 16.4 Å². The Balaban J connectivity index is 1.68. The second kappa shape index (κ2) is 4.42. The second-order valence-electron chi connectivity index (χ2n) is 4.58. The topological polar surface area (TPSA) is 89.0 Å². The van der Waals surface area contributed by atoms with Gasteiger partial charge in [0.1, 0.15) is 12.4 Å². The van der Waals surface area contributed by atoms with Crippen LogP contribution in [0, 0.1) is 0 Å². The summed E-state index contributed by atoms with van der Waals surface area (Å²) in [6.45, 7) is 0.258. The first-order chi connectivity index (χ1) is 10.2. The van der Waals surface area contributed by atoms with Gasteiger partial charge in [-0.3, -0.25) is 9.89 Å². The van der Waals surface area contributed by atoms with Gasteiger partial charge in [0.25, 0.3) is 0 Å². The van der Waals surface area contributed by atoms with Crippen molar-refractivity contribution in [2.24, 2.45) is 10.1 Å². The van der Waals surface area contributed by atoms with E-state index in [1.165, 1.54) is 9.91 Å². The number of imidazole rings is 1. The molecule has 0 fully saturated rings. The van der Waals surface area contributed by atoms with Gasteiger partial charge in [0.05, 0.1) is 16.8 Å². The van der Waals surface area contributed by atoms with E-state index in [-0.39, 0.29) is 12.7 Å². The number of hydrazone groups is 1. The first-order valence-corrected chi connectivity index (χ1v) is 7.14. The summed E-state index contributed by atoms with van der Waals surface area (Å²) in [5, 5.41) is 7.48. The van der Waals surface area contributed by atoms with E-state index < -0.39 is 0 Å². The van der Waals surface area contributed by atoms with E-state index in [2.05, 4.69) is 25.6 Å². The summed E-state index contributed by atoms with van der Waals surface area (Å²) in [5.74, 6) is 1.10. The van der Waals surface area contributed by atoms with Gasteiger partial charge in [-0.05, 0) is 11.4 Å². The fourth-order valence-corrected chi connectivity index (χ4v) is 2.89. The summed E-state index contributed by atoms with van der Waals surface area (Å²) in [7, 11) is 1.61. The maximum Gasteiger partial charge on any atom is 0.346 e. The minimum atomic E-state index is -0.191. The summed E-state index contributed by atoms with van der Waals surface area (Å²) in [5.41, 5.74) is 4.16. The van der Waals surface area contributed by atoms with Crippen LogP contribution >= 0.6 is 11.3 Å². The minimum Gasteiger partial charge on any atom is -0.336 e. The summed E-state index contributed by atoms with van der Waals surface area (Å²) < 4.78 is 0. The number of aliphatic imine (C=N–C) groups is 1. The van der Waals surface area contributed by atoms with Crippen LogP contribution in [0.2, 0.25) is 0 Å². The molecule has 0 unspecified atom stereocenters. The zero-order chi connectivity index (χ0) is 14.4. The van der Waals surface area contributed by atoms with Gasteiger partial charge in [0.15, 0.2) is 11.7 Å². The van der Waals surface area contributed by atoms with E-state index in [9.17, 15) is 4.79 Å². The predicted octanol–water partition coefficient (Wildman–Crippen LogP) is 1.08. The average Bonchev–Trinajstić information content (AvgIpc) is 3.20. The number of thiophene rings is 1. The molecule has 2 aliphatic heterocycles. The number of amidine groups is 1. The number of urea groups is 1. The van der Waals surface area contributed by atoms with E-state index in [0.717, 1.165) is 10.6 Å². The van der Waals surface area contributed by atoms with Crippen molar-refractivity contribution < 1.29 is 4.79 Å². The summed E-state index contributed by atoms with van der Waals surface area (Å²) in [4.78, 5) is 26.5. The number of carbonyl (C=O) groups is 1. The molecule has 0 radical (unpaired) electrons. The highest BCUT2D eigenvalue weighted by Gasteiger charge is 2.36. The zero-order valence-electron chi connectivity index (χ0n) is 11.1. The molecule has 0 spiro atoms. The van der Waals surface area contributed by atoms with Crippen molar-refractivity contribution in [3.63, 3.8) is 0 Å². The van der Waals surface area contributed by atoms with Crippen LogP contribution in [0.25, 0.3) is 10.6 Å². The number of rotatable bonds is 2. The van der Waals surface area contributed by atoms with Gasteiger partial charge in [-0.25, -0.2) is 20.3 Å². The molecule has 4 rings (SSSR count). The van der Waals surface area contributed by atoms with Crippen molar-refractivity contribution in [2.75, 3.05) is 13.7 Å². The largest absolute Gasteiger partial charge is 0.346 e. The number of H-pyrrole nitrogens is 1. The molecule has 0 aromatic carbocycles. The van der Waals surface area contributed by atoms with Gasteiger partial charge < -0.3 is 4.98 Å². The standard InChI is InChI=1S/C12H11N7OS/c1-18-12(20)19-6-14-9(11(19)16-17-18)10-13-5-7(15-10)8-3-2-4-21-8/h2-5,17H,6H2,1H3,(H,13,15). The molecule has 4 heterocycles. The molecule has 0 aliphatic carbocycles. The lowest BCUT2D eigenvalue weighted by atomic mass is 10.3. The number of hydrogen-bond acceptors (Lipinski definition) is 6. The summed E-state index contributed by atoms with van der Waals surface area (Å²) in [6, 6.07) is 3.81. The van der Waals surface area contributed by atoms with Crippen LogP contribution < -0.4 is 5.53 Å². The zero-order valence-corrected chi connectivity index (χ0v) is 11.9. The van der Waals surface area contributed by atoms with Crippen LogP contribution in [0.4, 0.5) is 4.79 Å². The third-order valence-electron chi connectivity index (χ3n) is 3.25. The Bertz CT molecular complexity index is 760. The maximum atomic E-state index is 12.0. The van der Waals surface area contributed by atoms with Gasteiger partial charge in [-0.2, -0.15) is 0 Å². The van der Waals surface area contributed by atoms with Crippen molar-refractivity contribution in [3.8, 4) is 10.6 Å². The monoisotopic (exact) mass is 301 g/mol. The molecule has 0 saturated heterocycles. The molecule has 0 saturated carbocycles. The van der Waals surface area contributed by atoms with Crippen molar-refractivity contribution in [1.82, 2.24) is 25.4 Å². The number of carbonyl (C=O) groups excluding carboxylic acids is 1. The highest BCUT2D eigenvalue weighted by molar-refractivity contribution is 7.13. The minimum absolute atomic E-state index is 0.191. The molecular weight excluding hydrogens is 290 g/mol. The van der Waals surface area contributed by atoms with Crippen LogP contribution in [0.15, 0.2) is 33.8 Å². The smallest absolute Gasteiger partial charge is 0.336 e. The number of hydrogen-bond donors (Lipinski definition) is 2. The van der Waals surface area contributed by atoms with E-state index in [1.807, 2.05) is 17.5 Å². The van der Waals surface area contributed by atoms with Crippen molar-refractivity contribution in [2.45, 2.75) is 0 Å². The Morgan fingerprint density at radius 1 is 1.43 bits per heavy atom. The fraction of sp³-hybridized carbons (Fsp3) is 0.167. The van der Waals surface area contributed by atoms with Crippen LogP contribution in [-0.2, 0) is 0 Å². The molecule has 2 aromatic rings. The van der Waals surface area contributed by atoms with Crippen LogP contribution in [-0.4, -0.2) is 51.2 Å². The highest BCUT2D eigenvalue weighted by Crippen LogP contribution is 2.23. The third-order valence-corrected chi connectivity index (χ3v) is 4.15. The Labute approximate surface area is 123 Å². The Hall–Kier alpha value is -2.68. The maximum absolute atomic E-state index is 12.0. The quantitative estimate of drug-likeness (QED) is 0.870. The molecule has 2 aliphatic rings. The molecule has 0 atom stereocenters. The molecule has 8 nitrogen and oxygen atoms in total. The Morgan fingerprint density at radius 2 is 2.33 bits per heavy atom. The molecule has 2 N–H and O–H groups in total. The molecule has 2 aromatic heterocycles. The van der Waals surface area contributed by atoms with Crippen LogP contribution in [0.1, 0.15) is 5.82 Å². The molecule has 9 heteroatoms. The summed E-state index contributed by atoms with van der Waals surface area (Å²) in [6.07, 6.45) is 1.76.